The molecule has 0 aliphatic carbocycles. The van der Waals surface area contributed by atoms with E-state index in [-0.39, 0.29) is 0 Å². The van der Waals surface area contributed by atoms with E-state index < -0.39 is 13.9 Å². The van der Waals surface area contributed by atoms with Crippen molar-refractivity contribution in [1.82, 2.24) is 0 Å². The fourth-order valence-corrected chi connectivity index (χ4v) is 2.65. The minimum Gasteiger partial charge on any atom is -0.326 e. The Labute approximate surface area is 76.2 Å². The molecule has 0 aliphatic heterocycles. The van der Waals surface area contributed by atoms with Crippen LogP contribution in [-0.4, -0.2) is 15.8 Å². The molecule has 1 unspecified atom stereocenters. The van der Waals surface area contributed by atoms with E-state index in [2.05, 4.69) is 15.9 Å². The van der Waals surface area contributed by atoms with E-state index in [1.54, 1.807) is 0 Å². The Bertz CT molecular complexity index is 128. The highest BCUT2D eigenvalue weighted by molar-refractivity contribution is 9.09. The summed E-state index contributed by atoms with van der Waals surface area (Å²) in [5.41, 5.74) is -0.454. The molecule has 3 nitrogen and oxygen atoms in total. The Morgan fingerprint density at radius 3 is 2.09 bits per heavy atom. The van der Waals surface area contributed by atoms with Crippen LogP contribution in [0, 0.1) is 0 Å². The zero-order chi connectivity index (χ0) is 8.91. The van der Waals surface area contributed by atoms with Crippen LogP contribution in [0.2, 0.25) is 0 Å². The first-order chi connectivity index (χ1) is 5.10. The van der Waals surface area contributed by atoms with Gasteiger partial charge in [-0.05, 0) is 12.8 Å². The topological polar surface area (TPSA) is 46.5 Å². The summed E-state index contributed by atoms with van der Waals surface area (Å²) in [4.78, 5) is 8.58. The van der Waals surface area contributed by atoms with Crippen molar-refractivity contribution in [2.75, 3.05) is 5.33 Å². The van der Waals surface area contributed by atoms with Crippen LogP contribution in [0.25, 0.3) is 0 Å². The van der Waals surface area contributed by atoms with Gasteiger partial charge in [-0.1, -0.05) is 29.8 Å². The van der Waals surface area contributed by atoms with Gasteiger partial charge < -0.3 is 9.42 Å². The summed E-state index contributed by atoms with van der Waals surface area (Å²) in [7, 11) is -2.81. The SMILES string of the molecule is CCC(CC)(CBr)O[PH](=O)O. The summed E-state index contributed by atoms with van der Waals surface area (Å²) in [6.07, 6.45) is 1.48. The van der Waals surface area contributed by atoms with Crippen molar-refractivity contribution >= 4 is 24.2 Å². The second-order valence-corrected chi connectivity index (χ2v) is 3.69. The van der Waals surface area contributed by atoms with Crippen molar-refractivity contribution in [3.8, 4) is 0 Å². The van der Waals surface area contributed by atoms with Crippen LogP contribution in [0.5, 0.6) is 0 Å². The average molecular weight is 245 g/mol. The molecule has 0 aliphatic rings. The minimum absolute atomic E-state index is 0.454. The smallest absolute Gasteiger partial charge is 0.317 e. The molecule has 0 aromatic rings. The molecule has 0 saturated carbocycles. The highest BCUT2D eigenvalue weighted by Crippen LogP contribution is 2.32. The predicted molar refractivity (Wildman–Crippen MR) is 49.4 cm³/mol. The molecule has 11 heavy (non-hydrogen) atoms. The number of hydrogen-bond acceptors (Lipinski definition) is 2. The van der Waals surface area contributed by atoms with Gasteiger partial charge in [-0.2, -0.15) is 0 Å². The lowest BCUT2D eigenvalue weighted by molar-refractivity contribution is 0.0819. The van der Waals surface area contributed by atoms with Gasteiger partial charge in [0.15, 0.2) is 0 Å². The number of alkyl halides is 1. The standard InChI is InChI=1S/C6H14BrO3P/c1-3-6(4-2,5-7)10-11(8)9/h11H,3-5H2,1-2H3,(H,8,9). The van der Waals surface area contributed by atoms with Crippen LogP contribution < -0.4 is 0 Å². The molecule has 0 radical (unpaired) electrons. The van der Waals surface area contributed by atoms with Gasteiger partial charge in [0.1, 0.15) is 0 Å². The Morgan fingerprint density at radius 1 is 1.55 bits per heavy atom. The molecule has 0 aromatic carbocycles. The Kier molecular flexibility index (Phi) is 5.61. The molecule has 1 N–H and O–H groups in total. The highest BCUT2D eigenvalue weighted by atomic mass is 79.9. The quantitative estimate of drug-likeness (QED) is 0.597. The third-order valence-electron chi connectivity index (χ3n) is 1.84. The lowest BCUT2D eigenvalue weighted by Crippen LogP contribution is -2.30. The van der Waals surface area contributed by atoms with E-state index in [1.807, 2.05) is 13.8 Å². The Balaban J connectivity index is 4.16. The van der Waals surface area contributed by atoms with Gasteiger partial charge >= 0.3 is 8.25 Å². The van der Waals surface area contributed by atoms with E-state index in [0.717, 1.165) is 12.8 Å². The maximum atomic E-state index is 10.4. The van der Waals surface area contributed by atoms with Crippen molar-refractivity contribution in [2.45, 2.75) is 32.3 Å². The molecule has 0 rings (SSSR count). The first kappa shape index (κ1) is 11.6. The molecule has 0 fully saturated rings. The van der Waals surface area contributed by atoms with Crippen LogP contribution in [0.3, 0.4) is 0 Å². The summed E-state index contributed by atoms with van der Waals surface area (Å²) in [6, 6.07) is 0. The summed E-state index contributed by atoms with van der Waals surface area (Å²) >= 11 is 3.26. The van der Waals surface area contributed by atoms with E-state index >= 15 is 0 Å². The van der Waals surface area contributed by atoms with Crippen molar-refractivity contribution in [2.24, 2.45) is 0 Å². The lowest BCUT2D eigenvalue weighted by Gasteiger charge is -2.27. The first-order valence-corrected chi connectivity index (χ1v) is 5.96. The van der Waals surface area contributed by atoms with E-state index in [1.165, 1.54) is 0 Å². The van der Waals surface area contributed by atoms with Gasteiger partial charge in [0.25, 0.3) is 0 Å². The fourth-order valence-electron chi connectivity index (χ4n) is 0.796. The van der Waals surface area contributed by atoms with Gasteiger partial charge in [0.05, 0.1) is 5.60 Å². The van der Waals surface area contributed by atoms with Crippen molar-refractivity contribution in [3.63, 3.8) is 0 Å². The van der Waals surface area contributed by atoms with Crippen LogP contribution in [0.15, 0.2) is 0 Å². The number of hydrogen-bond donors (Lipinski definition) is 1. The van der Waals surface area contributed by atoms with Gasteiger partial charge in [0, 0.05) is 5.33 Å². The maximum absolute atomic E-state index is 10.4. The van der Waals surface area contributed by atoms with Crippen molar-refractivity contribution in [1.29, 1.82) is 0 Å². The second-order valence-electron chi connectivity index (χ2n) is 2.39. The zero-order valence-electron chi connectivity index (χ0n) is 6.76. The van der Waals surface area contributed by atoms with Gasteiger partial charge in [-0.3, -0.25) is 4.57 Å². The highest BCUT2D eigenvalue weighted by Gasteiger charge is 2.27. The molecule has 0 saturated heterocycles. The fraction of sp³-hybridized carbons (Fsp3) is 1.00. The molecular formula is C6H14BrO3P. The summed E-state index contributed by atoms with van der Waals surface area (Å²) in [5.74, 6) is 0. The molecule has 68 valence electrons. The summed E-state index contributed by atoms with van der Waals surface area (Å²) < 4.78 is 15.4. The average Bonchev–Trinajstić information content (AvgIpc) is 2.00. The van der Waals surface area contributed by atoms with Gasteiger partial charge in [0.2, 0.25) is 0 Å². The number of halogens is 1. The molecular weight excluding hydrogens is 231 g/mol. The normalized spacial score (nSPS) is 14.9. The Hall–Kier alpha value is 0.630. The van der Waals surface area contributed by atoms with Crippen molar-refractivity contribution < 1.29 is 14.0 Å². The summed E-state index contributed by atoms with van der Waals surface area (Å²) in [6.45, 7) is 3.88. The molecule has 0 amide bonds. The molecule has 0 spiro atoms. The van der Waals surface area contributed by atoms with E-state index in [0.29, 0.717) is 5.33 Å². The molecule has 0 bridgehead atoms. The van der Waals surface area contributed by atoms with Crippen molar-refractivity contribution in [3.05, 3.63) is 0 Å². The monoisotopic (exact) mass is 244 g/mol. The third kappa shape index (κ3) is 3.70. The lowest BCUT2D eigenvalue weighted by atomic mass is 10.0. The summed E-state index contributed by atoms with van der Waals surface area (Å²) in [5, 5.41) is 0.601. The van der Waals surface area contributed by atoms with Gasteiger partial charge in [-0.25, -0.2) is 0 Å². The Morgan fingerprint density at radius 2 is 2.00 bits per heavy atom. The minimum atomic E-state index is -2.81. The number of rotatable bonds is 5. The van der Waals surface area contributed by atoms with Crippen LogP contribution in [0.4, 0.5) is 0 Å². The first-order valence-electron chi connectivity index (χ1n) is 3.58. The molecule has 1 atom stereocenters. The molecule has 0 heterocycles. The predicted octanol–water partition coefficient (Wildman–Crippen LogP) is 2.34. The van der Waals surface area contributed by atoms with Gasteiger partial charge in [-0.15, -0.1) is 0 Å². The second kappa shape index (κ2) is 5.31. The molecule has 0 aromatic heterocycles. The van der Waals surface area contributed by atoms with Crippen LogP contribution in [-0.2, 0) is 9.09 Å². The van der Waals surface area contributed by atoms with Crippen LogP contribution >= 0.6 is 24.2 Å². The molecule has 5 heteroatoms. The third-order valence-corrected chi connectivity index (χ3v) is 3.47. The zero-order valence-corrected chi connectivity index (χ0v) is 9.35. The van der Waals surface area contributed by atoms with E-state index in [9.17, 15) is 4.57 Å². The van der Waals surface area contributed by atoms with E-state index in [4.69, 9.17) is 9.42 Å². The maximum Gasteiger partial charge on any atom is 0.317 e. The largest absolute Gasteiger partial charge is 0.326 e. The van der Waals surface area contributed by atoms with Crippen LogP contribution in [0.1, 0.15) is 26.7 Å².